The van der Waals surface area contributed by atoms with Gasteiger partial charge in [-0.15, -0.1) is 0 Å². The third-order valence-corrected chi connectivity index (χ3v) is 4.61. The first-order chi connectivity index (χ1) is 13.6. The second-order valence-corrected chi connectivity index (χ2v) is 6.88. The third-order valence-electron chi connectivity index (χ3n) is 4.32. The summed E-state index contributed by atoms with van der Waals surface area (Å²) in [5.74, 6) is 0.196. The van der Waals surface area contributed by atoms with E-state index in [1.54, 1.807) is 12.3 Å². The molecule has 10 heteroatoms. The third kappa shape index (κ3) is 4.22. The molecule has 0 radical (unpaired) electrons. The molecule has 0 amide bonds. The minimum Gasteiger partial charge on any atom is -0.354 e. The van der Waals surface area contributed by atoms with Crippen LogP contribution in [-0.2, 0) is 0 Å². The highest BCUT2D eigenvalue weighted by atomic mass is 35.5. The molecule has 2 aromatic heterocycles. The second-order valence-electron chi connectivity index (χ2n) is 6.47. The minimum atomic E-state index is -0.536. The van der Waals surface area contributed by atoms with Gasteiger partial charge in [-0.1, -0.05) is 11.6 Å². The molecule has 0 saturated heterocycles. The molecule has 1 aliphatic rings. The number of hydrogen-bond acceptors (Lipinski definition) is 6. The normalized spacial score (nSPS) is 14.5. The predicted octanol–water partition coefficient (Wildman–Crippen LogP) is 2.97. The van der Waals surface area contributed by atoms with Gasteiger partial charge in [0.2, 0.25) is 5.95 Å². The first kappa shape index (κ1) is 18.6. The Morgan fingerprint density at radius 1 is 1.32 bits per heavy atom. The smallest absolute Gasteiger partial charge is 0.202 e. The maximum absolute atomic E-state index is 13.3. The van der Waals surface area contributed by atoms with Crippen LogP contribution in [0, 0.1) is 5.82 Å². The van der Waals surface area contributed by atoms with Crippen LogP contribution >= 0.6 is 11.6 Å². The molecular weight excluding hydrogens is 385 g/mol. The van der Waals surface area contributed by atoms with Crippen LogP contribution in [0.2, 0.25) is 5.02 Å². The molecule has 146 valence electrons. The van der Waals surface area contributed by atoms with Crippen molar-refractivity contribution in [1.29, 1.82) is 0 Å². The number of aliphatic imine (C=N–C) groups is 1. The number of rotatable bonds is 7. The van der Waals surface area contributed by atoms with E-state index in [9.17, 15) is 9.60 Å². The summed E-state index contributed by atoms with van der Waals surface area (Å²) in [5.41, 5.74) is 4.11. The fourth-order valence-electron chi connectivity index (χ4n) is 2.77. The number of nitrogens with zero attached hydrogens (tertiary/aromatic N) is 3. The van der Waals surface area contributed by atoms with E-state index in [1.807, 2.05) is 0 Å². The number of anilines is 1. The quantitative estimate of drug-likeness (QED) is 0.179. The highest BCUT2D eigenvalue weighted by molar-refractivity contribution is 6.31. The molecule has 0 bridgehead atoms. The summed E-state index contributed by atoms with van der Waals surface area (Å²) in [6, 6.07) is 6.39. The molecule has 1 aromatic carbocycles. The molecule has 0 atom stereocenters. The van der Waals surface area contributed by atoms with Gasteiger partial charge in [0.1, 0.15) is 5.82 Å². The topological polar surface area (TPSA) is 110 Å². The molecular formula is C18H19ClFN7O. The Balaban J connectivity index is 1.58. The number of nitrogens with one attached hydrogen (secondary N) is 4. The number of hydrogen-bond donors (Lipinski definition) is 5. The summed E-state index contributed by atoms with van der Waals surface area (Å²) in [4.78, 5) is 16.1. The molecule has 1 saturated carbocycles. The van der Waals surface area contributed by atoms with Crippen LogP contribution in [0.1, 0.15) is 18.4 Å². The standard InChI is InChI=1S/C18H19ClFN7O/c19-13-9-11(3-4-14(13)20)24-16(27-28)12-5-6-22-17-15(12)25-18(26-17)23-8-7-21-10-1-2-10/h3-6,9-10,21,28H,1-2,7-8H2,(H,24,27)(H2,22,23,25,26). The lowest BCUT2D eigenvalue weighted by atomic mass is 10.2. The largest absolute Gasteiger partial charge is 0.354 e. The van der Waals surface area contributed by atoms with Crippen molar-refractivity contribution < 1.29 is 9.60 Å². The molecule has 2 heterocycles. The van der Waals surface area contributed by atoms with Gasteiger partial charge in [-0.2, -0.15) is 4.98 Å². The zero-order chi connectivity index (χ0) is 19.5. The lowest BCUT2D eigenvalue weighted by molar-refractivity contribution is 0.235. The summed E-state index contributed by atoms with van der Waals surface area (Å²) in [6.07, 6.45) is 4.06. The highest BCUT2D eigenvalue weighted by Gasteiger charge is 2.19. The number of aromatic amines is 1. The number of amidine groups is 1. The molecule has 1 aliphatic carbocycles. The van der Waals surface area contributed by atoms with E-state index in [1.165, 1.54) is 31.0 Å². The lowest BCUT2D eigenvalue weighted by Gasteiger charge is -2.06. The first-order valence-electron chi connectivity index (χ1n) is 8.90. The number of H-pyrrole nitrogens is 1. The van der Waals surface area contributed by atoms with Gasteiger partial charge in [-0.25, -0.2) is 14.4 Å². The maximum Gasteiger partial charge on any atom is 0.202 e. The Morgan fingerprint density at radius 2 is 2.18 bits per heavy atom. The summed E-state index contributed by atoms with van der Waals surface area (Å²) in [5, 5.41) is 16.2. The molecule has 4 rings (SSSR count). The van der Waals surface area contributed by atoms with Crippen LogP contribution in [0.25, 0.3) is 11.2 Å². The van der Waals surface area contributed by atoms with Crippen LogP contribution in [0.15, 0.2) is 35.5 Å². The van der Waals surface area contributed by atoms with Gasteiger partial charge < -0.3 is 15.6 Å². The SMILES string of the molecule is ONC(=Nc1ccc(F)c(Cl)c1)c1ccnc2nc(NCCNC3CC3)[nH]c12. The lowest BCUT2D eigenvalue weighted by Crippen LogP contribution is -2.24. The van der Waals surface area contributed by atoms with Gasteiger partial charge in [-0.05, 0) is 37.1 Å². The number of halogens is 2. The molecule has 1 fully saturated rings. The van der Waals surface area contributed by atoms with E-state index in [4.69, 9.17) is 11.6 Å². The highest BCUT2D eigenvalue weighted by Crippen LogP contribution is 2.23. The van der Waals surface area contributed by atoms with Gasteiger partial charge in [0.25, 0.3) is 0 Å². The fourth-order valence-corrected chi connectivity index (χ4v) is 2.94. The number of hydroxylamine groups is 1. The molecule has 0 spiro atoms. The molecule has 0 aliphatic heterocycles. The van der Waals surface area contributed by atoms with E-state index in [0.717, 1.165) is 13.1 Å². The van der Waals surface area contributed by atoms with Gasteiger partial charge in [-0.3, -0.25) is 10.7 Å². The number of fused-ring (bicyclic) bond motifs is 1. The van der Waals surface area contributed by atoms with Gasteiger partial charge >= 0.3 is 0 Å². The Hall–Kier alpha value is -2.75. The number of pyridine rings is 1. The summed E-state index contributed by atoms with van der Waals surface area (Å²) < 4.78 is 13.3. The van der Waals surface area contributed by atoms with Crippen molar-refractivity contribution in [1.82, 2.24) is 25.7 Å². The molecule has 5 N–H and O–H groups in total. The van der Waals surface area contributed by atoms with Crippen molar-refractivity contribution in [2.45, 2.75) is 18.9 Å². The fraction of sp³-hybridized carbons (Fsp3) is 0.278. The van der Waals surface area contributed by atoms with Crippen LogP contribution in [-0.4, -0.2) is 45.1 Å². The monoisotopic (exact) mass is 403 g/mol. The van der Waals surface area contributed by atoms with Crippen LogP contribution < -0.4 is 16.1 Å². The van der Waals surface area contributed by atoms with Gasteiger partial charge in [0.15, 0.2) is 11.5 Å². The van der Waals surface area contributed by atoms with Crippen molar-refractivity contribution in [3.8, 4) is 0 Å². The number of aromatic nitrogens is 3. The zero-order valence-electron chi connectivity index (χ0n) is 14.8. The van der Waals surface area contributed by atoms with Crippen molar-refractivity contribution in [3.63, 3.8) is 0 Å². The first-order valence-corrected chi connectivity index (χ1v) is 9.28. The molecule has 8 nitrogen and oxygen atoms in total. The second kappa shape index (κ2) is 8.09. The average molecular weight is 404 g/mol. The van der Waals surface area contributed by atoms with Crippen molar-refractivity contribution in [2.24, 2.45) is 4.99 Å². The van der Waals surface area contributed by atoms with Gasteiger partial charge in [0, 0.05) is 30.9 Å². The predicted molar refractivity (Wildman–Crippen MR) is 106 cm³/mol. The summed E-state index contributed by atoms with van der Waals surface area (Å²) in [6.45, 7) is 1.57. The van der Waals surface area contributed by atoms with E-state index in [0.29, 0.717) is 34.4 Å². The van der Waals surface area contributed by atoms with E-state index >= 15 is 0 Å². The molecule has 0 unspecified atom stereocenters. The van der Waals surface area contributed by atoms with Crippen LogP contribution in [0.5, 0.6) is 0 Å². The molecule has 3 aromatic rings. The minimum absolute atomic E-state index is 0.0498. The zero-order valence-corrected chi connectivity index (χ0v) is 15.6. The average Bonchev–Trinajstić information content (AvgIpc) is 3.42. The van der Waals surface area contributed by atoms with Crippen molar-refractivity contribution in [3.05, 3.63) is 46.9 Å². The Labute approximate surface area is 165 Å². The van der Waals surface area contributed by atoms with Gasteiger partial charge in [0.05, 0.1) is 16.2 Å². The molecule has 28 heavy (non-hydrogen) atoms. The Kier molecular flexibility index (Phi) is 5.38. The number of imidazole rings is 1. The van der Waals surface area contributed by atoms with E-state index < -0.39 is 5.82 Å². The number of benzene rings is 1. The van der Waals surface area contributed by atoms with Crippen molar-refractivity contribution >= 4 is 40.2 Å². The maximum atomic E-state index is 13.3. The Morgan fingerprint density at radius 3 is 2.93 bits per heavy atom. The van der Waals surface area contributed by atoms with Crippen LogP contribution in [0.3, 0.4) is 0 Å². The van der Waals surface area contributed by atoms with E-state index in [2.05, 4.69) is 36.1 Å². The Bertz CT molecular complexity index is 1020. The van der Waals surface area contributed by atoms with Crippen LogP contribution in [0.4, 0.5) is 16.0 Å². The van der Waals surface area contributed by atoms with Crippen molar-refractivity contribution in [2.75, 3.05) is 18.4 Å². The summed E-state index contributed by atoms with van der Waals surface area (Å²) in [7, 11) is 0. The van der Waals surface area contributed by atoms with E-state index in [-0.39, 0.29) is 10.9 Å². The summed E-state index contributed by atoms with van der Waals surface area (Å²) >= 11 is 5.80.